The van der Waals surface area contributed by atoms with Gasteiger partial charge in [-0.2, -0.15) is 13.2 Å². The van der Waals surface area contributed by atoms with E-state index in [0.29, 0.717) is 27.8 Å². The Morgan fingerprint density at radius 2 is 1.64 bits per heavy atom. The summed E-state index contributed by atoms with van der Waals surface area (Å²) >= 11 is 6.04. The first kappa shape index (κ1) is 23.9. The van der Waals surface area contributed by atoms with Crippen LogP contribution in [0.25, 0.3) is 0 Å². The summed E-state index contributed by atoms with van der Waals surface area (Å²) in [6.45, 7) is -0.424. The van der Waals surface area contributed by atoms with Crippen molar-refractivity contribution in [3.05, 3.63) is 82.9 Å². The highest BCUT2D eigenvalue weighted by Crippen LogP contribution is 2.30. The molecule has 0 heterocycles. The van der Waals surface area contributed by atoms with Crippen molar-refractivity contribution in [3.63, 3.8) is 0 Å². The van der Waals surface area contributed by atoms with Gasteiger partial charge in [-0.1, -0.05) is 17.7 Å². The largest absolute Gasteiger partial charge is 0.495 e. The van der Waals surface area contributed by atoms with E-state index in [1.165, 1.54) is 43.5 Å². The molecule has 0 fully saturated rings. The summed E-state index contributed by atoms with van der Waals surface area (Å²) in [4.78, 5) is 24.4. The third-order valence-electron chi connectivity index (χ3n) is 4.37. The Kier molecular flexibility index (Phi) is 7.44. The monoisotopic (exact) mass is 478 g/mol. The van der Waals surface area contributed by atoms with Gasteiger partial charge in [-0.3, -0.25) is 9.59 Å². The number of hydrogen-bond acceptors (Lipinski definition) is 4. The van der Waals surface area contributed by atoms with Crippen molar-refractivity contribution < 1.29 is 32.2 Å². The molecular formula is C23H18ClF3N2O4. The maximum atomic E-state index is 12.8. The van der Waals surface area contributed by atoms with Gasteiger partial charge in [0, 0.05) is 16.9 Å². The van der Waals surface area contributed by atoms with Gasteiger partial charge in [0.25, 0.3) is 11.8 Å². The second-order valence-electron chi connectivity index (χ2n) is 6.74. The topological polar surface area (TPSA) is 76.7 Å². The van der Waals surface area contributed by atoms with Gasteiger partial charge < -0.3 is 20.1 Å². The standard InChI is InChI=1S/C23H18ClF3N2O4/c1-32-20-10-7-17(12-19(20)24)29-22(31)14-5-8-18(9-6-14)33-13-21(30)28-16-4-2-3-15(11-16)23(25,26)27/h2-12H,13H2,1H3,(H,28,30)(H,29,31). The maximum Gasteiger partial charge on any atom is 0.416 e. The summed E-state index contributed by atoms with van der Waals surface area (Å²) in [5.41, 5.74) is -0.0452. The molecule has 6 nitrogen and oxygen atoms in total. The average molecular weight is 479 g/mol. The lowest BCUT2D eigenvalue weighted by Gasteiger charge is -2.11. The Morgan fingerprint density at radius 3 is 2.27 bits per heavy atom. The van der Waals surface area contributed by atoms with E-state index < -0.39 is 24.3 Å². The Morgan fingerprint density at radius 1 is 0.939 bits per heavy atom. The lowest BCUT2D eigenvalue weighted by atomic mass is 10.2. The van der Waals surface area contributed by atoms with Gasteiger partial charge in [-0.15, -0.1) is 0 Å². The number of hydrogen-bond donors (Lipinski definition) is 2. The average Bonchev–Trinajstić information content (AvgIpc) is 2.78. The lowest BCUT2D eigenvalue weighted by Crippen LogP contribution is -2.20. The van der Waals surface area contributed by atoms with E-state index in [-0.39, 0.29) is 11.6 Å². The van der Waals surface area contributed by atoms with Crippen molar-refractivity contribution in [3.8, 4) is 11.5 Å². The second kappa shape index (κ2) is 10.3. The summed E-state index contributed by atoms with van der Waals surface area (Å²) < 4.78 is 48.7. The van der Waals surface area contributed by atoms with E-state index in [1.54, 1.807) is 18.2 Å². The zero-order valence-corrected chi connectivity index (χ0v) is 18.0. The van der Waals surface area contributed by atoms with Crippen LogP contribution in [0.1, 0.15) is 15.9 Å². The van der Waals surface area contributed by atoms with Crippen LogP contribution < -0.4 is 20.1 Å². The molecule has 0 aliphatic heterocycles. The minimum atomic E-state index is -4.51. The van der Waals surface area contributed by atoms with Crippen LogP contribution in [0.5, 0.6) is 11.5 Å². The van der Waals surface area contributed by atoms with E-state index in [9.17, 15) is 22.8 Å². The van der Waals surface area contributed by atoms with Crippen LogP contribution in [0.3, 0.4) is 0 Å². The lowest BCUT2D eigenvalue weighted by molar-refractivity contribution is -0.137. The van der Waals surface area contributed by atoms with Crippen LogP contribution >= 0.6 is 11.6 Å². The van der Waals surface area contributed by atoms with E-state index in [0.717, 1.165) is 12.1 Å². The van der Waals surface area contributed by atoms with Gasteiger partial charge >= 0.3 is 6.18 Å². The third kappa shape index (κ3) is 6.63. The highest BCUT2D eigenvalue weighted by molar-refractivity contribution is 6.32. The minimum Gasteiger partial charge on any atom is -0.495 e. The van der Waals surface area contributed by atoms with Gasteiger partial charge in [0.2, 0.25) is 0 Å². The molecule has 2 amide bonds. The van der Waals surface area contributed by atoms with E-state index >= 15 is 0 Å². The number of ether oxygens (including phenoxy) is 2. The number of benzene rings is 3. The second-order valence-corrected chi connectivity index (χ2v) is 7.15. The molecule has 3 aromatic rings. The van der Waals surface area contributed by atoms with E-state index in [2.05, 4.69) is 10.6 Å². The smallest absolute Gasteiger partial charge is 0.416 e. The summed E-state index contributed by atoms with van der Waals surface area (Å²) in [6, 6.07) is 15.1. The Balaban J connectivity index is 1.53. The fourth-order valence-corrected chi connectivity index (χ4v) is 3.03. The summed E-state index contributed by atoms with van der Waals surface area (Å²) in [5.74, 6) is -0.232. The molecule has 0 aromatic heterocycles. The molecule has 10 heteroatoms. The van der Waals surface area contributed by atoms with Crippen LogP contribution in [-0.2, 0) is 11.0 Å². The highest BCUT2D eigenvalue weighted by Gasteiger charge is 2.30. The van der Waals surface area contributed by atoms with Crippen LogP contribution in [0.2, 0.25) is 5.02 Å². The predicted molar refractivity (Wildman–Crippen MR) is 118 cm³/mol. The van der Waals surface area contributed by atoms with Crippen molar-refractivity contribution in [2.45, 2.75) is 6.18 Å². The first-order chi connectivity index (χ1) is 15.7. The molecule has 0 aliphatic carbocycles. The third-order valence-corrected chi connectivity index (χ3v) is 4.67. The van der Waals surface area contributed by atoms with Crippen LogP contribution in [0, 0.1) is 0 Å². The first-order valence-electron chi connectivity index (χ1n) is 9.50. The molecule has 0 atom stereocenters. The van der Waals surface area contributed by atoms with Crippen LogP contribution in [0.4, 0.5) is 24.5 Å². The van der Waals surface area contributed by atoms with E-state index in [1.807, 2.05) is 0 Å². The summed E-state index contributed by atoms with van der Waals surface area (Å²) in [7, 11) is 1.48. The predicted octanol–water partition coefficient (Wildman–Crippen LogP) is 5.64. The number of amides is 2. The fraction of sp³-hybridized carbons (Fsp3) is 0.130. The SMILES string of the molecule is COc1ccc(NC(=O)c2ccc(OCC(=O)Nc3cccc(C(F)(F)F)c3)cc2)cc1Cl. The number of carbonyl (C=O) groups is 2. The molecule has 0 bridgehead atoms. The van der Waals surface area contributed by atoms with Crippen LogP contribution in [-0.4, -0.2) is 25.5 Å². The fourth-order valence-electron chi connectivity index (χ4n) is 2.77. The number of rotatable bonds is 7. The molecule has 2 N–H and O–H groups in total. The highest BCUT2D eigenvalue weighted by atomic mass is 35.5. The molecule has 0 saturated carbocycles. The number of halogens is 4. The zero-order chi connectivity index (χ0) is 24.0. The summed E-state index contributed by atoms with van der Waals surface area (Å²) in [6.07, 6.45) is -4.51. The number of alkyl halides is 3. The van der Waals surface area contributed by atoms with Gasteiger partial charge in [-0.25, -0.2) is 0 Å². The number of nitrogens with one attached hydrogen (secondary N) is 2. The van der Waals surface area contributed by atoms with E-state index in [4.69, 9.17) is 21.1 Å². The zero-order valence-electron chi connectivity index (χ0n) is 17.2. The molecule has 0 saturated heterocycles. The first-order valence-corrected chi connectivity index (χ1v) is 9.88. The maximum absolute atomic E-state index is 12.8. The molecule has 3 rings (SSSR count). The molecule has 0 radical (unpaired) electrons. The van der Waals surface area contributed by atoms with Crippen LogP contribution in [0.15, 0.2) is 66.7 Å². The Hall–Kier alpha value is -3.72. The molecule has 3 aromatic carbocycles. The number of anilines is 2. The Labute approximate surface area is 192 Å². The molecule has 0 aliphatic rings. The quantitative estimate of drug-likeness (QED) is 0.461. The molecule has 0 spiro atoms. The van der Waals surface area contributed by atoms with Crippen molar-refractivity contribution in [2.24, 2.45) is 0 Å². The minimum absolute atomic E-state index is 0.00378. The number of methoxy groups -OCH3 is 1. The molecule has 33 heavy (non-hydrogen) atoms. The molecule has 0 unspecified atom stereocenters. The van der Waals surface area contributed by atoms with Crippen molar-refractivity contribution >= 4 is 34.8 Å². The Bertz CT molecular complexity index is 1150. The molecule has 172 valence electrons. The summed E-state index contributed by atoms with van der Waals surface area (Å²) in [5, 5.41) is 5.39. The van der Waals surface area contributed by atoms with Gasteiger partial charge in [0.1, 0.15) is 11.5 Å². The van der Waals surface area contributed by atoms with Gasteiger partial charge in [0.15, 0.2) is 6.61 Å². The van der Waals surface area contributed by atoms with Gasteiger partial charge in [-0.05, 0) is 60.7 Å². The van der Waals surface area contributed by atoms with Crippen molar-refractivity contribution in [1.82, 2.24) is 0 Å². The molecular weight excluding hydrogens is 461 g/mol. The normalized spacial score (nSPS) is 10.9. The van der Waals surface area contributed by atoms with Crippen molar-refractivity contribution in [2.75, 3.05) is 24.4 Å². The number of carbonyl (C=O) groups excluding carboxylic acids is 2. The van der Waals surface area contributed by atoms with Gasteiger partial charge in [0.05, 0.1) is 17.7 Å². The van der Waals surface area contributed by atoms with Crippen molar-refractivity contribution in [1.29, 1.82) is 0 Å².